The first-order valence-electron chi connectivity index (χ1n) is 8.02. The Morgan fingerprint density at radius 2 is 1.80 bits per heavy atom. The van der Waals surface area contributed by atoms with E-state index >= 15 is 0 Å². The van der Waals surface area contributed by atoms with Gasteiger partial charge in [-0.3, -0.25) is 4.79 Å². The fraction of sp³-hybridized carbons (Fsp3) is 0.263. The fourth-order valence-corrected chi connectivity index (χ4v) is 3.78. The van der Waals surface area contributed by atoms with E-state index < -0.39 is 12.0 Å². The Hall–Kier alpha value is -2.34. The van der Waals surface area contributed by atoms with E-state index in [4.69, 9.17) is 0 Å². The Balaban J connectivity index is 1.63. The Morgan fingerprint density at radius 1 is 1.12 bits per heavy atom. The van der Waals surface area contributed by atoms with E-state index in [9.17, 15) is 19.1 Å². The molecule has 2 aromatic carbocycles. The van der Waals surface area contributed by atoms with Gasteiger partial charge in [-0.2, -0.15) is 0 Å². The number of halogens is 1. The molecule has 3 rings (SSSR count). The summed E-state index contributed by atoms with van der Waals surface area (Å²) in [7, 11) is 0. The van der Waals surface area contributed by atoms with Crippen LogP contribution < -0.4 is 0 Å². The normalized spacial score (nSPS) is 16.4. The van der Waals surface area contributed by atoms with Crippen molar-refractivity contribution in [3.63, 3.8) is 0 Å². The maximum atomic E-state index is 12.9. The first kappa shape index (κ1) is 17.5. The lowest BCUT2D eigenvalue weighted by atomic mass is 9.94. The van der Waals surface area contributed by atoms with E-state index in [1.54, 1.807) is 12.1 Å². The van der Waals surface area contributed by atoms with Gasteiger partial charge in [-0.25, -0.2) is 9.18 Å². The molecule has 0 spiro atoms. The van der Waals surface area contributed by atoms with Crippen LogP contribution in [0.25, 0.3) is 0 Å². The number of fused-ring (bicyclic) bond motifs is 1. The molecule has 25 heavy (non-hydrogen) atoms. The summed E-state index contributed by atoms with van der Waals surface area (Å²) >= 11 is 1.46. The SMILES string of the molecule is O=C(O)C1Cc2ccccc2CN1C(=O)CCSc1ccc(F)cc1. The van der Waals surface area contributed by atoms with Crippen molar-refractivity contribution in [1.29, 1.82) is 0 Å². The zero-order valence-corrected chi connectivity index (χ0v) is 14.3. The number of carboxylic acids is 1. The predicted molar refractivity (Wildman–Crippen MR) is 93.9 cm³/mol. The second-order valence-electron chi connectivity index (χ2n) is 5.90. The molecule has 6 heteroatoms. The predicted octanol–water partition coefficient (Wildman–Crippen LogP) is 3.35. The van der Waals surface area contributed by atoms with E-state index in [0.29, 0.717) is 18.7 Å². The number of hydrogen-bond acceptors (Lipinski definition) is 3. The second kappa shape index (κ2) is 7.70. The summed E-state index contributed by atoms with van der Waals surface area (Å²) in [5.74, 6) is -0.920. The molecule has 0 saturated heterocycles. The van der Waals surface area contributed by atoms with Crippen molar-refractivity contribution in [1.82, 2.24) is 4.90 Å². The monoisotopic (exact) mass is 359 g/mol. The van der Waals surface area contributed by atoms with E-state index in [2.05, 4.69) is 0 Å². The van der Waals surface area contributed by atoms with E-state index in [-0.39, 0.29) is 18.1 Å². The van der Waals surface area contributed by atoms with Crippen LogP contribution in [0.3, 0.4) is 0 Å². The van der Waals surface area contributed by atoms with Gasteiger partial charge >= 0.3 is 5.97 Å². The quantitative estimate of drug-likeness (QED) is 0.832. The largest absolute Gasteiger partial charge is 0.480 e. The summed E-state index contributed by atoms with van der Waals surface area (Å²) in [4.78, 5) is 26.5. The van der Waals surface area contributed by atoms with Crippen LogP contribution in [0.15, 0.2) is 53.4 Å². The summed E-state index contributed by atoms with van der Waals surface area (Å²) < 4.78 is 12.9. The van der Waals surface area contributed by atoms with Gasteiger partial charge in [0.1, 0.15) is 11.9 Å². The Morgan fingerprint density at radius 3 is 2.48 bits per heavy atom. The number of nitrogens with zero attached hydrogens (tertiary/aromatic N) is 1. The molecule has 130 valence electrons. The zero-order chi connectivity index (χ0) is 17.8. The third kappa shape index (κ3) is 4.20. The zero-order valence-electron chi connectivity index (χ0n) is 13.5. The summed E-state index contributed by atoms with van der Waals surface area (Å²) in [6.07, 6.45) is 0.580. The average molecular weight is 359 g/mol. The highest BCUT2D eigenvalue weighted by Crippen LogP contribution is 2.25. The molecule has 2 aromatic rings. The van der Waals surface area contributed by atoms with Crippen molar-refractivity contribution < 1.29 is 19.1 Å². The summed E-state index contributed by atoms with van der Waals surface area (Å²) in [5.41, 5.74) is 1.99. The van der Waals surface area contributed by atoms with Gasteiger partial charge in [-0.15, -0.1) is 11.8 Å². The van der Waals surface area contributed by atoms with Crippen molar-refractivity contribution in [2.24, 2.45) is 0 Å². The summed E-state index contributed by atoms with van der Waals surface area (Å²) in [6.45, 7) is 0.327. The molecule has 4 nitrogen and oxygen atoms in total. The molecule has 1 aliphatic rings. The standard InChI is InChI=1S/C19H18FNO3S/c20-15-5-7-16(8-6-15)25-10-9-18(22)21-12-14-4-2-1-3-13(14)11-17(21)19(23)24/h1-8,17H,9-12H2,(H,23,24). The van der Waals surface area contributed by atoms with Crippen LogP contribution in [0.2, 0.25) is 0 Å². The Bertz CT molecular complexity index is 778. The lowest BCUT2D eigenvalue weighted by molar-refractivity contribution is -0.151. The summed E-state index contributed by atoms with van der Waals surface area (Å²) in [6, 6.07) is 12.9. The number of hydrogen-bond donors (Lipinski definition) is 1. The van der Waals surface area contributed by atoms with Crippen molar-refractivity contribution in [2.45, 2.75) is 30.3 Å². The maximum absolute atomic E-state index is 12.9. The number of rotatable bonds is 5. The molecular weight excluding hydrogens is 341 g/mol. The van der Waals surface area contributed by atoms with Gasteiger partial charge < -0.3 is 10.0 Å². The Labute approximate surface area is 149 Å². The minimum atomic E-state index is -0.978. The van der Waals surface area contributed by atoms with Gasteiger partial charge in [0.2, 0.25) is 5.91 Å². The number of carboxylic acid groups (broad SMARTS) is 1. The molecule has 0 saturated carbocycles. The molecule has 0 fully saturated rings. The highest BCUT2D eigenvalue weighted by Gasteiger charge is 2.33. The van der Waals surface area contributed by atoms with E-state index in [1.807, 2.05) is 24.3 Å². The average Bonchev–Trinajstić information content (AvgIpc) is 2.62. The fourth-order valence-electron chi connectivity index (χ4n) is 2.94. The van der Waals surface area contributed by atoms with Gasteiger partial charge in [0, 0.05) is 30.0 Å². The summed E-state index contributed by atoms with van der Waals surface area (Å²) in [5, 5.41) is 9.48. The molecule has 0 radical (unpaired) electrons. The molecule has 0 bridgehead atoms. The number of amides is 1. The van der Waals surface area contributed by atoms with Gasteiger partial charge in [0.15, 0.2) is 0 Å². The van der Waals surface area contributed by atoms with Crippen molar-refractivity contribution in [3.8, 4) is 0 Å². The third-order valence-corrected chi connectivity index (χ3v) is 5.27. The van der Waals surface area contributed by atoms with Crippen molar-refractivity contribution in [2.75, 3.05) is 5.75 Å². The molecule has 1 N–H and O–H groups in total. The number of carbonyl (C=O) groups excluding carboxylic acids is 1. The lowest BCUT2D eigenvalue weighted by Gasteiger charge is -2.34. The van der Waals surface area contributed by atoms with Gasteiger partial charge in [0.05, 0.1) is 0 Å². The molecule has 0 aliphatic carbocycles. The van der Waals surface area contributed by atoms with E-state index in [0.717, 1.165) is 16.0 Å². The van der Waals surface area contributed by atoms with Crippen LogP contribution in [0.4, 0.5) is 4.39 Å². The number of aliphatic carboxylic acids is 1. The van der Waals surface area contributed by atoms with Crippen LogP contribution in [0.1, 0.15) is 17.5 Å². The number of benzene rings is 2. The molecular formula is C19H18FNO3S. The minimum absolute atomic E-state index is 0.170. The van der Waals surface area contributed by atoms with Crippen LogP contribution in [0, 0.1) is 5.82 Å². The minimum Gasteiger partial charge on any atom is -0.480 e. The molecule has 1 atom stereocenters. The first-order valence-corrected chi connectivity index (χ1v) is 9.00. The van der Waals surface area contributed by atoms with Gasteiger partial charge in [-0.05, 0) is 35.4 Å². The number of carbonyl (C=O) groups is 2. The second-order valence-corrected chi connectivity index (χ2v) is 7.07. The molecule has 1 heterocycles. The molecule has 1 unspecified atom stereocenters. The van der Waals surface area contributed by atoms with Crippen LogP contribution >= 0.6 is 11.8 Å². The molecule has 1 aliphatic heterocycles. The van der Waals surface area contributed by atoms with Crippen LogP contribution in [-0.2, 0) is 22.6 Å². The molecule has 1 amide bonds. The highest BCUT2D eigenvalue weighted by atomic mass is 32.2. The third-order valence-electron chi connectivity index (χ3n) is 4.25. The topological polar surface area (TPSA) is 57.6 Å². The maximum Gasteiger partial charge on any atom is 0.326 e. The Kier molecular flexibility index (Phi) is 5.38. The van der Waals surface area contributed by atoms with Gasteiger partial charge in [-0.1, -0.05) is 24.3 Å². The van der Waals surface area contributed by atoms with Gasteiger partial charge in [0.25, 0.3) is 0 Å². The highest BCUT2D eigenvalue weighted by molar-refractivity contribution is 7.99. The van der Waals surface area contributed by atoms with E-state index in [1.165, 1.54) is 28.8 Å². The molecule has 0 aromatic heterocycles. The van der Waals surface area contributed by atoms with Crippen LogP contribution in [-0.4, -0.2) is 33.7 Å². The number of thioether (sulfide) groups is 1. The first-order chi connectivity index (χ1) is 12.0. The lowest BCUT2D eigenvalue weighted by Crippen LogP contribution is -2.48. The smallest absolute Gasteiger partial charge is 0.326 e. The van der Waals surface area contributed by atoms with Crippen molar-refractivity contribution in [3.05, 3.63) is 65.5 Å². The van der Waals surface area contributed by atoms with Crippen molar-refractivity contribution >= 4 is 23.6 Å². The van der Waals surface area contributed by atoms with Crippen LogP contribution in [0.5, 0.6) is 0 Å².